The fourth-order valence-corrected chi connectivity index (χ4v) is 2.98. The molecule has 0 aliphatic carbocycles. The molecule has 1 heterocycles. The number of aromatic nitrogens is 3. The first kappa shape index (κ1) is 20.1. The second-order valence-corrected chi connectivity index (χ2v) is 7.80. The Morgan fingerprint density at radius 2 is 1.96 bits per heavy atom. The largest absolute Gasteiger partial charge is 0.485 e. The van der Waals surface area contributed by atoms with Crippen molar-refractivity contribution in [2.45, 2.75) is 58.3 Å². The van der Waals surface area contributed by atoms with Crippen molar-refractivity contribution in [2.75, 3.05) is 11.6 Å². The molecule has 0 radical (unpaired) electrons. The molecule has 2 aromatic rings. The lowest BCUT2D eigenvalue weighted by Gasteiger charge is -2.24. The molecule has 0 unspecified atom stereocenters. The molecule has 0 spiro atoms. The number of aryl methyl sites for hydroxylation is 2. The summed E-state index contributed by atoms with van der Waals surface area (Å²) in [4.78, 5) is 12.0. The van der Waals surface area contributed by atoms with Crippen LogP contribution in [0.2, 0.25) is 0 Å². The summed E-state index contributed by atoms with van der Waals surface area (Å²) < 4.78 is 7.23. The van der Waals surface area contributed by atoms with Crippen molar-refractivity contribution in [1.82, 2.24) is 20.2 Å². The highest BCUT2D eigenvalue weighted by Crippen LogP contribution is 2.23. The molecule has 0 saturated heterocycles. The van der Waals surface area contributed by atoms with Crippen LogP contribution in [-0.2, 0) is 11.4 Å². The average Bonchev–Trinajstić information content (AvgIpc) is 2.92. The number of rotatable bonds is 8. The summed E-state index contributed by atoms with van der Waals surface area (Å²) in [7, 11) is 0. The minimum atomic E-state index is -0.224. The highest BCUT2D eigenvalue weighted by molar-refractivity contribution is 7.99. The molecule has 26 heavy (non-hydrogen) atoms. The van der Waals surface area contributed by atoms with Crippen molar-refractivity contribution in [1.29, 1.82) is 0 Å². The van der Waals surface area contributed by atoms with Crippen LogP contribution >= 0.6 is 11.8 Å². The van der Waals surface area contributed by atoms with E-state index in [1.54, 1.807) is 0 Å². The van der Waals surface area contributed by atoms with Gasteiger partial charge in [0.1, 0.15) is 12.4 Å². The Kier molecular flexibility index (Phi) is 6.52. The van der Waals surface area contributed by atoms with Crippen LogP contribution in [0.3, 0.4) is 0 Å². The number of thioether (sulfide) groups is 1. The molecule has 0 saturated carbocycles. The number of hydrogen-bond donors (Lipinski definition) is 2. The van der Waals surface area contributed by atoms with Gasteiger partial charge in [-0.25, -0.2) is 4.68 Å². The number of nitrogens with one attached hydrogen (secondary N) is 1. The lowest BCUT2D eigenvalue weighted by atomic mass is 10.0. The predicted molar refractivity (Wildman–Crippen MR) is 104 cm³/mol. The van der Waals surface area contributed by atoms with E-state index < -0.39 is 0 Å². The summed E-state index contributed by atoms with van der Waals surface area (Å²) in [6.45, 7) is 10.2. The van der Waals surface area contributed by atoms with E-state index in [9.17, 15) is 4.79 Å². The van der Waals surface area contributed by atoms with Crippen LogP contribution in [0.1, 0.15) is 44.1 Å². The Bertz CT molecular complexity index is 753. The van der Waals surface area contributed by atoms with Gasteiger partial charge in [0.25, 0.3) is 0 Å². The number of hydrogen-bond acceptors (Lipinski definition) is 6. The number of carbonyl (C=O) groups excluding carboxylic acids is 1. The normalized spacial score (nSPS) is 11.4. The third kappa shape index (κ3) is 5.14. The lowest BCUT2D eigenvalue weighted by Crippen LogP contribution is -2.43. The molecule has 1 aromatic heterocycles. The van der Waals surface area contributed by atoms with Crippen molar-refractivity contribution < 1.29 is 9.53 Å². The van der Waals surface area contributed by atoms with Gasteiger partial charge < -0.3 is 15.9 Å². The highest BCUT2D eigenvalue weighted by atomic mass is 32.2. The van der Waals surface area contributed by atoms with E-state index in [0.717, 1.165) is 23.3 Å². The summed E-state index contributed by atoms with van der Waals surface area (Å²) in [5.74, 6) is 7.55. The quantitative estimate of drug-likeness (QED) is 0.542. The lowest BCUT2D eigenvalue weighted by molar-refractivity contribution is -0.120. The summed E-state index contributed by atoms with van der Waals surface area (Å²) in [6, 6.07) is 5.98. The van der Waals surface area contributed by atoms with Gasteiger partial charge in [-0.3, -0.25) is 4.79 Å². The molecule has 8 heteroatoms. The molecule has 0 aliphatic heterocycles. The van der Waals surface area contributed by atoms with Crippen LogP contribution in [0, 0.1) is 13.8 Å². The monoisotopic (exact) mass is 377 g/mol. The maximum Gasteiger partial charge on any atom is 0.230 e. The number of nitrogen functional groups attached to an aromatic ring is 1. The Balaban J connectivity index is 1.94. The molecule has 2 rings (SSSR count). The number of nitrogens with two attached hydrogens (primary N) is 1. The second-order valence-electron chi connectivity index (χ2n) is 6.85. The minimum absolute atomic E-state index is 0.0572. The van der Waals surface area contributed by atoms with Gasteiger partial charge in [-0.15, -0.1) is 10.2 Å². The van der Waals surface area contributed by atoms with Crippen LogP contribution < -0.4 is 15.9 Å². The van der Waals surface area contributed by atoms with E-state index in [1.807, 2.05) is 52.8 Å². The first-order valence-corrected chi connectivity index (χ1v) is 9.54. The van der Waals surface area contributed by atoms with Crippen LogP contribution in [0.5, 0.6) is 5.75 Å². The molecular weight excluding hydrogens is 350 g/mol. The van der Waals surface area contributed by atoms with Gasteiger partial charge in [0.2, 0.25) is 11.1 Å². The number of ether oxygens (including phenoxy) is 1. The Morgan fingerprint density at radius 3 is 2.58 bits per heavy atom. The number of carbonyl (C=O) groups is 1. The number of nitrogens with zero attached hydrogens (tertiary/aromatic N) is 3. The SMILES string of the molecule is CCC(C)(C)NC(=O)CSc1nnc(COc2c(C)cccc2C)n1N. The number of para-hydroxylation sites is 1. The maximum absolute atomic E-state index is 12.0. The molecule has 0 atom stereocenters. The van der Waals surface area contributed by atoms with Gasteiger partial charge in [-0.2, -0.15) is 0 Å². The van der Waals surface area contributed by atoms with Crippen molar-refractivity contribution in [3.63, 3.8) is 0 Å². The van der Waals surface area contributed by atoms with E-state index in [2.05, 4.69) is 15.5 Å². The zero-order chi connectivity index (χ0) is 19.3. The number of amides is 1. The maximum atomic E-state index is 12.0. The minimum Gasteiger partial charge on any atom is -0.485 e. The Hall–Kier alpha value is -2.22. The molecule has 1 aromatic carbocycles. The van der Waals surface area contributed by atoms with Gasteiger partial charge in [-0.05, 0) is 45.2 Å². The van der Waals surface area contributed by atoms with Crippen molar-refractivity contribution >= 4 is 17.7 Å². The van der Waals surface area contributed by atoms with Crippen molar-refractivity contribution in [2.24, 2.45) is 0 Å². The Labute approximate surface area is 158 Å². The second kappa shape index (κ2) is 8.44. The summed E-state index contributed by atoms with van der Waals surface area (Å²) in [5.41, 5.74) is 1.88. The fraction of sp³-hybridized carbons (Fsp3) is 0.500. The molecule has 142 valence electrons. The number of benzene rings is 1. The van der Waals surface area contributed by atoms with Crippen molar-refractivity contribution in [3.05, 3.63) is 35.2 Å². The summed E-state index contributed by atoms with van der Waals surface area (Å²) >= 11 is 1.25. The first-order chi connectivity index (χ1) is 12.2. The van der Waals surface area contributed by atoms with Gasteiger partial charge in [0.15, 0.2) is 5.82 Å². The summed E-state index contributed by atoms with van der Waals surface area (Å²) in [5, 5.41) is 11.6. The van der Waals surface area contributed by atoms with E-state index in [1.165, 1.54) is 16.4 Å². The van der Waals surface area contributed by atoms with Gasteiger partial charge in [0.05, 0.1) is 5.75 Å². The van der Waals surface area contributed by atoms with Gasteiger partial charge >= 0.3 is 0 Å². The molecule has 0 fully saturated rings. The Morgan fingerprint density at radius 1 is 1.31 bits per heavy atom. The van der Waals surface area contributed by atoms with E-state index in [4.69, 9.17) is 10.6 Å². The molecule has 1 amide bonds. The van der Waals surface area contributed by atoms with Crippen molar-refractivity contribution in [3.8, 4) is 5.75 Å². The third-order valence-electron chi connectivity index (χ3n) is 4.18. The highest BCUT2D eigenvalue weighted by Gasteiger charge is 2.19. The van der Waals surface area contributed by atoms with E-state index >= 15 is 0 Å². The van der Waals surface area contributed by atoms with Crippen LogP contribution in [0.15, 0.2) is 23.4 Å². The zero-order valence-corrected chi connectivity index (χ0v) is 16.8. The zero-order valence-electron chi connectivity index (χ0n) is 16.0. The summed E-state index contributed by atoms with van der Waals surface area (Å²) in [6.07, 6.45) is 0.857. The van der Waals surface area contributed by atoms with Crippen LogP contribution in [0.4, 0.5) is 0 Å². The predicted octanol–water partition coefficient (Wildman–Crippen LogP) is 2.58. The fourth-order valence-electron chi connectivity index (χ4n) is 2.30. The molecule has 3 N–H and O–H groups in total. The third-order valence-corrected chi connectivity index (χ3v) is 5.13. The van der Waals surface area contributed by atoms with E-state index in [0.29, 0.717) is 11.0 Å². The van der Waals surface area contributed by atoms with Crippen LogP contribution in [-0.4, -0.2) is 32.1 Å². The molecule has 0 aliphatic rings. The van der Waals surface area contributed by atoms with Gasteiger partial charge in [-0.1, -0.05) is 36.9 Å². The molecule has 7 nitrogen and oxygen atoms in total. The van der Waals surface area contributed by atoms with E-state index in [-0.39, 0.29) is 23.8 Å². The van der Waals surface area contributed by atoms with Gasteiger partial charge in [0, 0.05) is 5.54 Å². The molecule has 0 bridgehead atoms. The topological polar surface area (TPSA) is 95.1 Å². The average molecular weight is 378 g/mol. The molecular formula is C18H27N5O2S. The van der Waals surface area contributed by atoms with Crippen LogP contribution in [0.25, 0.3) is 0 Å². The smallest absolute Gasteiger partial charge is 0.230 e. The first-order valence-electron chi connectivity index (χ1n) is 8.55. The standard InChI is InChI=1S/C18H27N5O2S/c1-6-18(4,5)20-15(24)11-26-17-22-21-14(23(17)19)10-25-16-12(2)8-7-9-13(16)3/h7-9H,6,10-11,19H2,1-5H3,(H,20,24).